The molecule has 1 aliphatic rings. The summed E-state index contributed by atoms with van der Waals surface area (Å²) in [7, 11) is 2.26. The molecule has 3 aromatic heterocycles. The van der Waals surface area contributed by atoms with Gasteiger partial charge in [0.25, 0.3) is 0 Å². The van der Waals surface area contributed by atoms with Gasteiger partial charge < -0.3 is 19.1 Å². The average molecular weight is 846 g/mol. The van der Waals surface area contributed by atoms with Crippen LogP contribution in [-0.2, 0) is 10.8 Å². The molecule has 0 saturated carbocycles. The first kappa shape index (κ1) is 38.6. The molecule has 0 spiro atoms. The highest BCUT2D eigenvalue weighted by atomic mass is 32.1. The summed E-state index contributed by atoms with van der Waals surface area (Å²) in [6, 6.07) is 59.3. The number of rotatable bonds is 5. The van der Waals surface area contributed by atoms with Gasteiger partial charge >= 0.3 is 0 Å². The van der Waals surface area contributed by atoms with Crippen LogP contribution >= 0.6 is 11.3 Å². The van der Waals surface area contributed by atoms with Crippen LogP contribution in [0.4, 0.5) is 28.4 Å². The molecule has 0 fully saturated rings. The summed E-state index contributed by atoms with van der Waals surface area (Å²) in [5.74, 6) is 0. The quantitative estimate of drug-likeness (QED) is 0.175. The zero-order valence-electron chi connectivity index (χ0n) is 36.8. The van der Waals surface area contributed by atoms with E-state index in [1.165, 1.54) is 31.3 Å². The molecule has 0 bridgehead atoms. The van der Waals surface area contributed by atoms with Crippen LogP contribution in [0, 0.1) is 0 Å². The topological polar surface area (TPSA) is 41.6 Å². The number of benzene rings is 8. The maximum Gasteiger partial charge on any atom is 0.247 e. The van der Waals surface area contributed by atoms with Crippen LogP contribution in [-0.4, -0.2) is 7.28 Å². The van der Waals surface area contributed by atoms with Gasteiger partial charge in [0.1, 0.15) is 16.7 Å². The van der Waals surface area contributed by atoms with Crippen LogP contribution in [0.5, 0.6) is 0 Å². The summed E-state index contributed by atoms with van der Waals surface area (Å²) in [5.41, 5.74) is 16.5. The van der Waals surface area contributed by atoms with Gasteiger partial charge in [0, 0.05) is 64.4 Å². The van der Waals surface area contributed by atoms with Gasteiger partial charge in [0.2, 0.25) is 7.28 Å². The van der Waals surface area contributed by atoms with Crippen molar-refractivity contribution in [2.45, 2.75) is 52.4 Å². The first-order valence-corrected chi connectivity index (χ1v) is 23.0. The molecule has 12 rings (SSSR count). The third-order valence-electron chi connectivity index (χ3n) is 13.0. The molecule has 8 aromatic carbocycles. The summed E-state index contributed by atoms with van der Waals surface area (Å²) < 4.78 is 16.5. The van der Waals surface area contributed by atoms with E-state index >= 15 is 0 Å². The smallest absolute Gasteiger partial charge is 0.247 e. The molecule has 0 atom stereocenters. The largest absolute Gasteiger partial charge is 0.469 e. The molecule has 0 amide bonds. The van der Waals surface area contributed by atoms with Crippen molar-refractivity contribution in [1.82, 2.24) is 0 Å². The van der Waals surface area contributed by atoms with Crippen LogP contribution in [0.25, 0.3) is 75.3 Å². The molecule has 0 unspecified atom stereocenters. The Bertz CT molecular complexity index is 3640. The zero-order chi connectivity index (χ0) is 43.5. The maximum atomic E-state index is 7.08. The van der Waals surface area contributed by atoms with Crippen LogP contribution in [0.1, 0.15) is 52.7 Å². The van der Waals surface area contributed by atoms with Gasteiger partial charge in [0.05, 0.1) is 22.7 Å². The fraction of sp³-hybridized carbons (Fsp3) is 0.138. The van der Waals surface area contributed by atoms with Gasteiger partial charge in [-0.25, -0.2) is 0 Å². The molecular weight excluding hydrogens is 800 g/mol. The second-order valence-electron chi connectivity index (χ2n) is 19.2. The van der Waals surface area contributed by atoms with Crippen molar-refractivity contribution in [2.75, 3.05) is 10.2 Å². The molecule has 309 valence electrons. The van der Waals surface area contributed by atoms with E-state index in [-0.39, 0.29) is 10.8 Å². The first-order chi connectivity index (χ1) is 31.0. The van der Waals surface area contributed by atoms with E-state index in [1.807, 2.05) is 11.3 Å². The Kier molecular flexibility index (Phi) is 8.60. The van der Waals surface area contributed by atoms with Crippen molar-refractivity contribution >= 4 is 111 Å². The van der Waals surface area contributed by atoms with E-state index in [2.05, 4.69) is 223 Å². The lowest BCUT2D eigenvalue weighted by molar-refractivity contribution is 0.590. The highest BCUT2D eigenvalue weighted by molar-refractivity contribution is 7.26. The summed E-state index contributed by atoms with van der Waals surface area (Å²) in [6.07, 6.45) is 0. The van der Waals surface area contributed by atoms with E-state index < -0.39 is 0 Å². The van der Waals surface area contributed by atoms with Crippen LogP contribution in [0.15, 0.2) is 173 Å². The highest BCUT2D eigenvalue weighted by Crippen LogP contribution is 2.51. The molecule has 1 aliphatic heterocycles. The normalized spacial score (nSPS) is 12.9. The van der Waals surface area contributed by atoms with E-state index in [1.54, 1.807) is 0 Å². The number of para-hydroxylation sites is 2. The number of nitrogens with one attached hydrogen (secondary N) is 1. The lowest BCUT2D eigenvalue weighted by Crippen LogP contribution is -2.40. The van der Waals surface area contributed by atoms with Crippen LogP contribution in [0.3, 0.4) is 0 Å². The number of anilines is 5. The molecular formula is C58H46BN2O2S. The van der Waals surface area contributed by atoms with Crippen molar-refractivity contribution in [1.29, 1.82) is 0 Å². The monoisotopic (exact) mass is 845 g/mol. The molecule has 6 heteroatoms. The van der Waals surface area contributed by atoms with Crippen LogP contribution in [0.2, 0.25) is 0 Å². The summed E-state index contributed by atoms with van der Waals surface area (Å²) >= 11 is 1.83. The maximum absolute atomic E-state index is 7.08. The molecule has 4 heterocycles. The number of furan rings is 2. The zero-order valence-corrected chi connectivity index (χ0v) is 37.7. The lowest BCUT2D eigenvalue weighted by atomic mass is 9.61. The second-order valence-corrected chi connectivity index (χ2v) is 20.3. The Morgan fingerprint density at radius 1 is 0.531 bits per heavy atom. The number of thiophene rings is 1. The van der Waals surface area contributed by atoms with Crippen LogP contribution < -0.4 is 21.3 Å². The fourth-order valence-electron chi connectivity index (χ4n) is 9.74. The van der Waals surface area contributed by atoms with Gasteiger partial charge in [-0.1, -0.05) is 145 Å². The van der Waals surface area contributed by atoms with E-state index in [0.717, 1.165) is 94.7 Å². The Morgan fingerprint density at radius 2 is 1.19 bits per heavy atom. The number of hydrogen-bond donors (Lipinski definition) is 1. The van der Waals surface area contributed by atoms with Gasteiger partial charge in [-0.2, -0.15) is 0 Å². The minimum Gasteiger partial charge on any atom is -0.469 e. The third kappa shape index (κ3) is 6.11. The Labute approximate surface area is 378 Å². The molecule has 11 aromatic rings. The summed E-state index contributed by atoms with van der Waals surface area (Å²) in [6.45, 7) is 13.6. The van der Waals surface area contributed by atoms with Gasteiger partial charge in [-0.05, 0) is 93.6 Å². The second kappa shape index (κ2) is 14.3. The Hall–Kier alpha value is -7.02. The van der Waals surface area contributed by atoms with Crippen molar-refractivity contribution in [3.8, 4) is 22.3 Å². The molecule has 1 radical (unpaired) electrons. The molecule has 64 heavy (non-hydrogen) atoms. The van der Waals surface area contributed by atoms with Crippen molar-refractivity contribution in [2.24, 2.45) is 0 Å². The predicted molar refractivity (Wildman–Crippen MR) is 274 cm³/mol. The Balaban J connectivity index is 1.21. The highest BCUT2D eigenvalue weighted by Gasteiger charge is 2.36. The van der Waals surface area contributed by atoms with Gasteiger partial charge in [-0.15, -0.1) is 11.3 Å². The average Bonchev–Trinajstić information content (AvgIpc) is 3.99. The molecule has 0 saturated heterocycles. The molecule has 0 aliphatic carbocycles. The van der Waals surface area contributed by atoms with Crippen molar-refractivity contribution in [3.63, 3.8) is 0 Å². The van der Waals surface area contributed by atoms with Crippen molar-refractivity contribution in [3.05, 3.63) is 175 Å². The SMILES string of the molecule is CC(C)(C)c1ccc(Nc2c(-c3c4c(cc5c3oc3ccccc35)N(c3ccc(C(C)(C)C)cc3-c3ccccc3)c3c(oc5ccccc35)[B]4)ccc3sc4ccccc4c23)cc1. The third-order valence-corrected chi connectivity index (χ3v) is 14.2. The minimum absolute atomic E-state index is 0.0356. The van der Waals surface area contributed by atoms with E-state index in [0.29, 0.717) is 0 Å². The first-order valence-electron chi connectivity index (χ1n) is 22.2. The fourth-order valence-corrected chi connectivity index (χ4v) is 10.9. The van der Waals surface area contributed by atoms with Gasteiger partial charge in [-0.3, -0.25) is 0 Å². The lowest BCUT2D eigenvalue weighted by Gasteiger charge is -2.35. The Morgan fingerprint density at radius 3 is 1.94 bits per heavy atom. The minimum atomic E-state index is -0.0564. The van der Waals surface area contributed by atoms with Crippen molar-refractivity contribution < 1.29 is 8.83 Å². The van der Waals surface area contributed by atoms with Gasteiger partial charge in [0.15, 0.2) is 0 Å². The molecule has 1 N–H and O–H groups in total. The summed E-state index contributed by atoms with van der Waals surface area (Å²) in [5, 5.41) is 9.63. The number of fused-ring (bicyclic) bond motifs is 10. The summed E-state index contributed by atoms with van der Waals surface area (Å²) in [4.78, 5) is 2.47. The number of nitrogens with zero attached hydrogens (tertiary/aromatic N) is 1. The number of hydrogen-bond acceptors (Lipinski definition) is 5. The standard InChI is InChI=1S/C58H46BN2O2S/c1-57(2,3)35-24-27-37(28-25-35)60-53-41(29-31-49-50(53)40-20-12-15-23-48(40)64-49)51-52-45(33-43-38-18-10-13-21-46(38)62-55(43)51)61(54-39-19-11-14-22-47(39)63-56(54)59-52)44-30-26-36(58(4,5)6)32-42(44)34-16-8-7-9-17-34/h7-33,60H,1-6H3. The molecule has 4 nitrogen and oxygen atoms in total. The van der Waals surface area contributed by atoms with E-state index in [9.17, 15) is 0 Å². The van der Waals surface area contributed by atoms with E-state index in [4.69, 9.17) is 8.83 Å². The predicted octanol–water partition coefficient (Wildman–Crippen LogP) is 15.8.